The van der Waals surface area contributed by atoms with Gasteiger partial charge in [0, 0.05) is 25.9 Å². The third-order valence-electron chi connectivity index (χ3n) is 3.04. The van der Waals surface area contributed by atoms with Crippen molar-refractivity contribution >= 4 is 39.2 Å². The van der Waals surface area contributed by atoms with Crippen LogP contribution in [0.15, 0.2) is 18.2 Å². The van der Waals surface area contributed by atoms with Gasteiger partial charge in [0.1, 0.15) is 0 Å². The summed E-state index contributed by atoms with van der Waals surface area (Å²) in [6, 6.07) is 6.30. The Labute approximate surface area is 121 Å². The van der Waals surface area contributed by atoms with Gasteiger partial charge in [0.15, 0.2) is 0 Å². The molecule has 18 heavy (non-hydrogen) atoms. The van der Waals surface area contributed by atoms with E-state index in [0.29, 0.717) is 5.71 Å². The van der Waals surface area contributed by atoms with Crippen LogP contribution in [0.5, 0.6) is 0 Å². The van der Waals surface area contributed by atoms with E-state index in [4.69, 9.17) is 5.41 Å². The zero-order valence-corrected chi connectivity index (χ0v) is 13.1. The lowest BCUT2D eigenvalue weighted by Crippen LogP contribution is -2.02. The lowest BCUT2D eigenvalue weighted by Gasteiger charge is -2.10. The van der Waals surface area contributed by atoms with E-state index in [1.54, 1.807) is 0 Å². The molecule has 2 nitrogen and oxygen atoms in total. The second kappa shape index (κ2) is 5.34. The van der Waals surface area contributed by atoms with Gasteiger partial charge in [-0.3, -0.25) is 4.98 Å². The molecule has 0 saturated carbocycles. The number of fused-ring (bicyclic) bond motifs is 1. The van der Waals surface area contributed by atoms with Crippen LogP contribution in [-0.4, -0.2) is 10.7 Å². The van der Waals surface area contributed by atoms with Crippen LogP contribution in [0, 0.1) is 22.8 Å². The van der Waals surface area contributed by atoms with Crippen LogP contribution in [0.3, 0.4) is 0 Å². The molecular weight excluding hydrogens is 335 g/mol. The summed E-state index contributed by atoms with van der Waals surface area (Å²) >= 11 is 2.34. The van der Waals surface area contributed by atoms with E-state index < -0.39 is 0 Å². The van der Waals surface area contributed by atoms with Crippen molar-refractivity contribution in [1.29, 1.82) is 5.41 Å². The Balaban J connectivity index is 2.71. The molecule has 3 heteroatoms. The predicted molar refractivity (Wildman–Crippen MR) is 85.7 cm³/mol. The molecule has 1 aromatic carbocycles. The highest BCUT2D eigenvalue weighted by atomic mass is 127. The van der Waals surface area contributed by atoms with Gasteiger partial charge in [-0.2, -0.15) is 0 Å². The molecule has 0 radical (unpaired) electrons. The summed E-state index contributed by atoms with van der Waals surface area (Å²) < 4.78 is 1.23. The first kappa shape index (κ1) is 13.5. The van der Waals surface area contributed by atoms with Gasteiger partial charge < -0.3 is 5.41 Å². The number of benzene rings is 1. The second-order valence-corrected chi connectivity index (χ2v) is 5.82. The predicted octanol–water partition coefficient (Wildman–Crippen LogP) is 4.62. The van der Waals surface area contributed by atoms with Gasteiger partial charge >= 0.3 is 0 Å². The Kier molecular flexibility index (Phi) is 4.00. The van der Waals surface area contributed by atoms with Gasteiger partial charge in [0.2, 0.25) is 0 Å². The summed E-state index contributed by atoms with van der Waals surface area (Å²) in [5, 5.41) is 9.31. The molecule has 0 amide bonds. The van der Waals surface area contributed by atoms with Crippen molar-refractivity contribution in [2.75, 3.05) is 0 Å². The highest BCUT2D eigenvalue weighted by Crippen LogP contribution is 2.24. The molecule has 1 N–H and O–H groups in total. The lowest BCUT2D eigenvalue weighted by atomic mass is 9.99. The molecule has 1 aromatic heterocycles. The molecule has 94 valence electrons. The molecule has 0 saturated heterocycles. The number of nitrogens with one attached hydrogen (secondary N) is 1. The summed E-state index contributed by atoms with van der Waals surface area (Å²) in [6.07, 6.45) is 1.83. The number of hydrogen-bond acceptors (Lipinski definition) is 2. The monoisotopic (exact) mass is 352 g/mol. The van der Waals surface area contributed by atoms with Crippen LogP contribution in [0.4, 0.5) is 0 Å². The molecule has 0 atom stereocenters. The lowest BCUT2D eigenvalue weighted by molar-refractivity contribution is 0.986. The van der Waals surface area contributed by atoms with Gasteiger partial charge in [0.25, 0.3) is 0 Å². The van der Waals surface area contributed by atoms with Gasteiger partial charge in [-0.25, -0.2) is 0 Å². The van der Waals surface area contributed by atoms with Crippen LogP contribution in [0.25, 0.3) is 10.9 Å². The standard InChI is InChI=1S/C15H17IN2/c1-4-5-14(17)11-7-10(3)18-15-8-13(16)9(2)6-12(11)15/h6-8,17H,4-5H2,1-3H3. The highest BCUT2D eigenvalue weighted by molar-refractivity contribution is 14.1. The molecule has 2 rings (SSSR count). The Morgan fingerprint density at radius 3 is 2.67 bits per heavy atom. The van der Waals surface area contributed by atoms with Gasteiger partial charge in [0.05, 0.1) is 5.52 Å². The van der Waals surface area contributed by atoms with Gasteiger partial charge in [-0.05, 0) is 66.6 Å². The fraction of sp³-hybridized carbons (Fsp3) is 0.333. The first-order valence-electron chi connectivity index (χ1n) is 6.18. The molecule has 0 unspecified atom stereocenters. The fourth-order valence-corrected chi connectivity index (χ4v) is 2.57. The molecule has 0 aliphatic carbocycles. The van der Waals surface area contributed by atoms with Crippen LogP contribution in [0.1, 0.15) is 36.6 Å². The van der Waals surface area contributed by atoms with Crippen molar-refractivity contribution < 1.29 is 0 Å². The van der Waals surface area contributed by atoms with Crippen LogP contribution >= 0.6 is 22.6 Å². The molecule has 0 fully saturated rings. The Morgan fingerprint density at radius 2 is 2.00 bits per heavy atom. The summed E-state index contributed by atoms with van der Waals surface area (Å²) in [6.45, 7) is 6.21. The first-order chi connectivity index (χ1) is 8.52. The highest BCUT2D eigenvalue weighted by Gasteiger charge is 2.10. The number of hydrogen-bond donors (Lipinski definition) is 1. The second-order valence-electron chi connectivity index (χ2n) is 4.66. The average Bonchev–Trinajstić information content (AvgIpc) is 2.30. The van der Waals surface area contributed by atoms with Crippen LogP contribution < -0.4 is 0 Å². The number of aryl methyl sites for hydroxylation is 2. The zero-order chi connectivity index (χ0) is 13.3. The Bertz CT molecular complexity index is 617. The van der Waals surface area contributed by atoms with Crippen molar-refractivity contribution in [3.8, 4) is 0 Å². The summed E-state index contributed by atoms with van der Waals surface area (Å²) in [4.78, 5) is 4.58. The van der Waals surface area contributed by atoms with Crippen molar-refractivity contribution in [2.45, 2.75) is 33.6 Å². The maximum absolute atomic E-state index is 8.20. The number of nitrogens with zero attached hydrogens (tertiary/aromatic N) is 1. The van der Waals surface area contributed by atoms with E-state index in [1.807, 2.05) is 13.0 Å². The van der Waals surface area contributed by atoms with Crippen molar-refractivity contribution in [1.82, 2.24) is 4.98 Å². The van der Waals surface area contributed by atoms with E-state index in [1.165, 1.54) is 9.13 Å². The first-order valence-corrected chi connectivity index (χ1v) is 7.26. The van der Waals surface area contributed by atoms with Crippen molar-refractivity contribution in [2.24, 2.45) is 0 Å². The minimum Gasteiger partial charge on any atom is -0.305 e. The Morgan fingerprint density at radius 1 is 1.28 bits per heavy atom. The average molecular weight is 352 g/mol. The minimum absolute atomic E-state index is 0.716. The molecule has 0 aliphatic heterocycles. The molecule has 0 spiro atoms. The van der Waals surface area contributed by atoms with Crippen molar-refractivity contribution in [3.63, 3.8) is 0 Å². The van der Waals surface area contributed by atoms with Gasteiger partial charge in [-0.15, -0.1) is 0 Å². The maximum atomic E-state index is 8.20. The van der Waals surface area contributed by atoms with E-state index in [-0.39, 0.29) is 0 Å². The maximum Gasteiger partial charge on any atom is 0.0722 e. The third-order valence-corrected chi connectivity index (χ3v) is 4.20. The topological polar surface area (TPSA) is 36.7 Å². The molecule has 1 heterocycles. The fourth-order valence-electron chi connectivity index (χ4n) is 2.12. The number of rotatable bonds is 3. The minimum atomic E-state index is 0.716. The molecular formula is C15H17IN2. The summed E-state index contributed by atoms with van der Waals surface area (Å²) in [7, 11) is 0. The number of aromatic nitrogens is 1. The number of halogens is 1. The quantitative estimate of drug-likeness (QED) is 0.635. The molecule has 2 aromatic rings. The van der Waals surface area contributed by atoms with E-state index >= 15 is 0 Å². The largest absolute Gasteiger partial charge is 0.305 e. The molecule has 0 aliphatic rings. The van der Waals surface area contributed by atoms with Gasteiger partial charge in [-0.1, -0.05) is 13.3 Å². The molecule has 0 bridgehead atoms. The van der Waals surface area contributed by atoms with Crippen LogP contribution in [0.2, 0.25) is 0 Å². The van der Waals surface area contributed by atoms with Crippen molar-refractivity contribution in [3.05, 3.63) is 38.6 Å². The normalized spacial score (nSPS) is 10.9. The van der Waals surface area contributed by atoms with E-state index in [2.05, 4.69) is 53.6 Å². The number of pyridine rings is 1. The van der Waals surface area contributed by atoms with E-state index in [0.717, 1.165) is 35.0 Å². The summed E-state index contributed by atoms with van der Waals surface area (Å²) in [5.41, 5.74) is 4.99. The summed E-state index contributed by atoms with van der Waals surface area (Å²) in [5.74, 6) is 0. The Hall–Kier alpha value is -0.970. The third kappa shape index (κ3) is 2.55. The zero-order valence-electron chi connectivity index (χ0n) is 11.0. The SMILES string of the molecule is CCCC(=N)c1cc(C)nc2cc(I)c(C)cc12. The van der Waals surface area contributed by atoms with Crippen LogP contribution in [-0.2, 0) is 0 Å². The van der Waals surface area contributed by atoms with E-state index in [9.17, 15) is 0 Å². The smallest absolute Gasteiger partial charge is 0.0722 e.